The summed E-state index contributed by atoms with van der Waals surface area (Å²) in [5.74, 6) is -1.62. The minimum Gasteiger partial charge on any atom is -0.479 e. The number of anilines is 1. The lowest BCUT2D eigenvalue weighted by Crippen LogP contribution is -2.24. The highest BCUT2D eigenvalue weighted by atomic mass is 19.4. The van der Waals surface area contributed by atoms with E-state index in [4.69, 9.17) is 5.11 Å². The monoisotopic (exact) mass is 251 g/mol. The van der Waals surface area contributed by atoms with Crippen LogP contribution >= 0.6 is 0 Å². The zero-order chi connectivity index (χ0) is 13.1. The molecule has 0 aliphatic carbocycles. The summed E-state index contributed by atoms with van der Waals surface area (Å²) >= 11 is 0. The highest BCUT2D eigenvalue weighted by molar-refractivity contribution is 5.73. The standard InChI is InChI=1S/C10H9F4NO2/c11-8(9(16)17)5-15-7-3-1-6(2-4-7)10(12,13)14/h1-4,8,15H,5H2,(H,16,17). The van der Waals surface area contributed by atoms with Crippen LogP contribution in [0.1, 0.15) is 5.56 Å². The van der Waals surface area contributed by atoms with Crippen LogP contribution in [0.3, 0.4) is 0 Å². The number of carboxylic acid groups (broad SMARTS) is 1. The molecular weight excluding hydrogens is 242 g/mol. The number of halogens is 4. The number of benzene rings is 1. The van der Waals surface area contributed by atoms with Crippen LogP contribution in [0.4, 0.5) is 23.2 Å². The number of carbonyl (C=O) groups is 1. The van der Waals surface area contributed by atoms with Gasteiger partial charge in [0.2, 0.25) is 6.17 Å². The van der Waals surface area contributed by atoms with Gasteiger partial charge in [-0.05, 0) is 24.3 Å². The predicted octanol–water partition coefficient (Wildman–Crippen LogP) is 2.54. The van der Waals surface area contributed by atoms with Crippen LogP contribution in [-0.2, 0) is 11.0 Å². The van der Waals surface area contributed by atoms with Gasteiger partial charge in [-0.3, -0.25) is 0 Å². The van der Waals surface area contributed by atoms with Crippen molar-refractivity contribution in [2.24, 2.45) is 0 Å². The van der Waals surface area contributed by atoms with Crippen LogP contribution in [0.5, 0.6) is 0 Å². The molecule has 1 aromatic rings. The van der Waals surface area contributed by atoms with E-state index >= 15 is 0 Å². The summed E-state index contributed by atoms with van der Waals surface area (Å²) in [5, 5.41) is 10.6. The van der Waals surface area contributed by atoms with Crippen molar-refractivity contribution in [3.05, 3.63) is 29.8 Å². The molecule has 3 nitrogen and oxygen atoms in total. The van der Waals surface area contributed by atoms with Crippen molar-refractivity contribution in [1.29, 1.82) is 0 Å². The molecule has 0 heterocycles. The summed E-state index contributed by atoms with van der Waals surface area (Å²) in [6.07, 6.45) is -6.53. The molecule has 0 saturated heterocycles. The van der Waals surface area contributed by atoms with E-state index in [0.29, 0.717) is 0 Å². The first-order valence-corrected chi connectivity index (χ1v) is 4.58. The van der Waals surface area contributed by atoms with E-state index in [0.717, 1.165) is 24.3 Å². The van der Waals surface area contributed by atoms with Gasteiger partial charge in [-0.25, -0.2) is 9.18 Å². The second-order valence-electron chi connectivity index (χ2n) is 3.26. The third kappa shape index (κ3) is 3.93. The van der Waals surface area contributed by atoms with Crippen LogP contribution in [-0.4, -0.2) is 23.8 Å². The van der Waals surface area contributed by atoms with Gasteiger partial charge in [0.15, 0.2) is 0 Å². The number of nitrogens with one attached hydrogen (secondary N) is 1. The number of hydrogen-bond donors (Lipinski definition) is 2. The molecule has 0 aliphatic rings. The Morgan fingerprint density at radius 2 is 1.82 bits per heavy atom. The molecule has 0 aliphatic heterocycles. The van der Waals surface area contributed by atoms with Gasteiger partial charge in [0.05, 0.1) is 12.1 Å². The van der Waals surface area contributed by atoms with Gasteiger partial charge in [-0.1, -0.05) is 0 Å². The lowest BCUT2D eigenvalue weighted by Gasteiger charge is -2.10. The molecular formula is C10H9F4NO2. The number of hydrogen-bond acceptors (Lipinski definition) is 2. The lowest BCUT2D eigenvalue weighted by molar-refractivity contribution is -0.142. The normalized spacial score (nSPS) is 13.2. The molecule has 0 saturated carbocycles. The summed E-state index contributed by atoms with van der Waals surface area (Å²) < 4.78 is 49.2. The summed E-state index contributed by atoms with van der Waals surface area (Å²) in [6, 6.07) is 3.88. The first-order valence-electron chi connectivity index (χ1n) is 4.58. The lowest BCUT2D eigenvalue weighted by atomic mass is 10.2. The highest BCUT2D eigenvalue weighted by Gasteiger charge is 2.29. The van der Waals surface area contributed by atoms with Gasteiger partial charge in [-0.15, -0.1) is 0 Å². The second kappa shape index (κ2) is 5.03. The summed E-state index contributed by atoms with van der Waals surface area (Å²) in [4.78, 5) is 10.1. The zero-order valence-electron chi connectivity index (χ0n) is 8.46. The Balaban J connectivity index is 2.60. The number of aliphatic carboxylic acids is 1. The Morgan fingerprint density at radius 1 is 1.29 bits per heavy atom. The Hall–Kier alpha value is -1.79. The maximum Gasteiger partial charge on any atom is 0.416 e. The predicted molar refractivity (Wildman–Crippen MR) is 52.5 cm³/mol. The van der Waals surface area contributed by atoms with Gasteiger partial charge in [-0.2, -0.15) is 13.2 Å². The molecule has 1 aromatic carbocycles. The van der Waals surface area contributed by atoms with Crippen LogP contribution in [0, 0.1) is 0 Å². The van der Waals surface area contributed by atoms with E-state index < -0.39 is 30.4 Å². The molecule has 0 spiro atoms. The third-order valence-corrected chi connectivity index (χ3v) is 1.97. The largest absolute Gasteiger partial charge is 0.479 e. The number of rotatable bonds is 4. The first-order chi connectivity index (χ1) is 7.80. The van der Waals surface area contributed by atoms with Crippen LogP contribution in [0.25, 0.3) is 0 Å². The Morgan fingerprint density at radius 3 is 2.24 bits per heavy atom. The van der Waals surface area contributed by atoms with E-state index in [-0.39, 0.29) is 5.69 Å². The Labute approximate surface area is 94.1 Å². The SMILES string of the molecule is O=C(O)C(F)CNc1ccc(C(F)(F)F)cc1. The average molecular weight is 251 g/mol. The number of carboxylic acids is 1. The fourth-order valence-electron chi connectivity index (χ4n) is 1.07. The van der Waals surface area contributed by atoms with Crippen molar-refractivity contribution >= 4 is 11.7 Å². The van der Waals surface area contributed by atoms with Crippen LogP contribution in [0.15, 0.2) is 24.3 Å². The molecule has 0 fully saturated rings. The van der Waals surface area contributed by atoms with Crippen LogP contribution < -0.4 is 5.32 Å². The van der Waals surface area contributed by atoms with E-state index in [1.165, 1.54) is 0 Å². The molecule has 17 heavy (non-hydrogen) atoms. The summed E-state index contributed by atoms with van der Waals surface area (Å²) in [7, 11) is 0. The van der Waals surface area contributed by atoms with Gasteiger partial charge < -0.3 is 10.4 Å². The minimum atomic E-state index is -4.43. The summed E-state index contributed by atoms with van der Waals surface area (Å²) in [6.45, 7) is -0.499. The van der Waals surface area contributed by atoms with Crippen molar-refractivity contribution in [3.8, 4) is 0 Å². The third-order valence-electron chi connectivity index (χ3n) is 1.97. The van der Waals surface area contributed by atoms with E-state index in [9.17, 15) is 22.4 Å². The molecule has 1 atom stereocenters. The van der Waals surface area contributed by atoms with Crippen molar-refractivity contribution in [3.63, 3.8) is 0 Å². The number of alkyl halides is 4. The first kappa shape index (κ1) is 13.3. The van der Waals surface area contributed by atoms with E-state index in [1.54, 1.807) is 0 Å². The zero-order valence-corrected chi connectivity index (χ0v) is 8.46. The average Bonchev–Trinajstić information content (AvgIpc) is 2.25. The van der Waals surface area contributed by atoms with E-state index in [2.05, 4.69) is 5.32 Å². The van der Waals surface area contributed by atoms with Crippen molar-refractivity contribution < 1.29 is 27.5 Å². The van der Waals surface area contributed by atoms with Crippen molar-refractivity contribution in [1.82, 2.24) is 0 Å². The van der Waals surface area contributed by atoms with Gasteiger partial charge in [0.1, 0.15) is 0 Å². The molecule has 0 amide bonds. The fourth-order valence-corrected chi connectivity index (χ4v) is 1.07. The molecule has 1 rings (SSSR count). The molecule has 0 bridgehead atoms. The Kier molecular flexibility index (Phi) is 3.93. The molecule has 94 valence electrons. The molecule has 1 unspecified atom stereocenters. The molecule has 0 aromatic heterocycles. The van der Waals surface area contributed by atoms with E-state index in [1.807, 2.05) is 0 Å². The fraction of sp³-hybridized carbons (Fsp3) is 0.300. The highest BCUT2D eigenvalue weighted by Crippen LogP contribution is 2.29. The van der Waals surface area contributed by atoms with Crippen molar-refractivity contribution in [2.45, 2.75) is 12.3 Å². The molecule has 0 radical (unpaired) electrons. The minimum absolute atomic E-state index is 0.224. The second-order valence-corrected chi connectivity index (χ2v) is 3.26. The molecule has 7 heteroatoms. The van der Waals surface area contributed by atoms with Gasteiger partial charge >= 0.3 is 12.1 Å². The van der Waals surface area contributed by atoms with Crippen LogP contribution in [0.2, 0.25) is 0 Å². The molecule has 2 N–H and O–H groups in total. The van der Waals surface area contributed by atoms with Gasteiger partial charge in [0.25, 0.3) is 0 Å². The maximum atomic E-state index is 12.6. The Bertz CT molecular complexity index is 388. The summed E-state index contributed by atoms with van der Waals surface area (Å²) in [5.41, 5.74) is -0.597. The van der Waals surface area contributed by atoms with Gasteiger partial charge in [0, 0.05) is 5.69 Å². The van der Waals surface area contributed by atoms with Crippen molar-refractivity contribution in [2.75, 3.05) is 11.9 Å². The quantitative estimate of drug-likeness (QED) is 0.808. The smallest absolute Gasteiger partial charge is 0.416 e. The topological polar surface area (TPSA) is 49.3 Å². The maximum absolute atomic E-state index is 12.6.